The molecule has 3 rings (SSSR count). The van der Waals surface area contributed by atoms with Gasteiger partial charge in [-0.25, -0.2) is 4.99 Å². The van der Waals surface area contributed by atoms with Crippen molar-refractivity contribution in [1.29, 1.82) is 0 Å². The number of halogens is 1. The van der Waals surface area contributed by atoms with Crippen molar-refractivity contribution < 1.29 is 14.2 Å². The van der Waals surface area contributed by atoms with Crippen LogP contribution in [0.3, 0.4) is 0 Å². The molecule has 0 aliphatic carbocycles. The zero-order chi connectivity index (χ0) is 16.9. The van der Waals surface area contributed by atoms with Gasteiger partial charge in [0.25, 0.3) is 0 Å². The topological polar surface area (TPSA) is 64.1 Å². The highest BCUT2D eigenvalue weighted by Crippen LogP contribution is 2.34. The van der Waals surface area contributed by atoms with Crippen molar-refractivity contribution in [3.05, 3.63) is 23.8 Å². The Morgan fingerprint density at radius 1 is 1.24 bits per heavy atom. The summed E-state index contributed by atoms with van der Waals surface area (Å²) in [7, 11) is 3.28. The molecule has 2 heterocycles. The normalized spacial score (nSPS) is 24.6. The SMILES string of the molecule is CCNC(=NCc1ccc(OC)c(OC)c1)NC1CC2CCC1O2.I. The van der Waals surface area contributed by atoms with E-state index in [1.807, 2.05) is 18.2 Å². The maximum atomic E-state index is 5.91. The van der Waals surface area contributed by atoms with Crippen LogP contribution in [0.1, 0.15) is 31.7 Å². The molecule has 0 radical (unpaired) electrons. The van der Waals surface area contributed by atoms with Crippen molar-refractivity contribution in [1.82, 2.24) is 10.6 Å². The molecule has 2 bridgehead atoms. The van der Waals surface area contributed by atoms with Crippen molar-refractivity contribution in [2.24, 2.45) is 4.99 Å². The van der Waals surface area contributed by atoms with Crippen LogP contribution in [0.2, 0.25) is 0 Å². The fraction of sp³-hybridized carbons (Fsp3) is 0.611. The van der Waals surface area contributed by atoms with Crippen molar-refractivity contribution in [3.63, 3.8) is 0 Å². The van der Waals surface area contributed by atoms with Gasteiger partial charge in [-0.05, 0) is 43.9 Å². The summed E-state index contributed by atoms with van der Waals surface area (Å²) in [4.78, 5) is 4.70. The van der Waals surface area contributed by atoms with E-state index in [1.165, 1.54) is 6.42 Å². The van der Waals surface area contributed by atoms with Gasteiger partial charge >= 0.3 is 0 Å². The predicted molar refractivity (Wildman–Crippen MR) is 109 cm³/mol. The number of guanidine groups is 1. The number of nitrogens with zero attached hydrogens (tertiary/aromatic N) is 1. The summed E-state index contributed by atoms with van der Waals surface area (Å²) < 4.78 is 16.5. The minimum atomic E-state index is 0. The first-order valence-electron chi connectivity index (χ1n) is 8.64. The predicted octanol–water partition coefficient (Wildman–Crippen LogP) is 2.70. The third-order valence-corrected chi connectivity index (χ3v) is 4.64. The number of hydrogen-bond donors (Lipinski definition) is 2. The lowest BCUT2D eigenvalue weighted by molar-refractivity contribution is 0.0992. The van der Waals surface area contributed by atoms with Gasteiger partial charge in [0, 0.05) is 6.54 Å². The molecule has 2 fully saturated rings. The Bertz CT molecular complexity index is 597. The zero-order valence-electron chi connectivity index (χ0n) is 15.1. The van der Waals surface area contributed by atoms with Gasteiger partial charge in [-0.3, -0.25) is 0 Å². The quantitative estimate of drug-likeness (QED) is 0.388. The van der Waals surface area contributed by atoms with E-state index in [0.717, 1.165) is 42.4 Å². The fourth-order valence-corrected chi connectivity index (χ4v) is 3.43. The van der Waals surface area contributed by atoms with E-state index in [0.29, 0.717) is 24.8 Å². The molecule has 3 unspecified atom stereocenters. The van der Waals surface area contributed by atoms with Gasteiger partial charge in [0.2, 0.25) is 0 Å². The highest BCUT2D eigenvalue weighted by atomic mass is 127. The average Bonchev–Trinajstić information content (AvgIpc) is 3.22. The van der Waals surface area contributed by atoms with E-state index in [4.69, 9.17) is 19.2 Å². The minimum absolute atomic E-state index is 0. The number of nitrogens with one attached hydrogen (secondary N) is 2. The fourth-order valence-electron chi connectivity index (χ4n) is 3.43. The van der Waals surface area contributed by atoms with Crippen LogP contribution in [-0.4, -0.2) is 45.0 Å². The lowest BCUT2D eigenvalue weighted by Gasteiger charge is -2.22. The van der Waals surface area contributed by atoms with Gasteiger partial charge < -0.3 is 24.8 Å². The van der Waals surface area contributed by atoms with Gasteiger partial charge in [0.15, 0.2) is 17.5 Å². The minimum Gasteiger partial charge on any atom is -0.493 e. The van der Waals surface area contributed by atoms with Crippen LogP contribution in [0.25, 0.3) is 0 Å². The van der Waals surface area contributed by atoms with Crippen LogP contribution in [0.5, 0.6) is 11.5 Å². The molecule has 1 aromatic rings. The summed E-state index contributed by atoms with van der Waals surface area (Å²) >= 11 is 0. The molecule has 1 aromatic carbocycles. The number of methoxy groups -OCH3 is 2. The first-order valence-corrected chi connectivity index (χ1v) is 8.64. The third kappa shape index (κ3) is 4.91. The van der Waals surface area contributed by atoms with E-state index in [-0.39, 0.29) is 24.0 Å². The molecule has 0 saturated carbocycles. The van der Waals surface area contributed by atoms with Gasteiger partial charge in [-0.2, -0.15) is 0 Å². The molecule has 0 amide bonds. The summed E-state index contributed by atoms with van der Waals surface area (Å²) in [6.07, 6.45) is 4.19. The Kier molecular flexibility index (Phi) is 7.61. The number of benzene rings is 1. The number of ether oxygens (including phenoxy) is 3. The van der Waals surface area contributed by atoms with E-state index < -0.39 is 0 Å². The highest BCUT2D eigenvalue weighted by Gasteiger charge is 2.41. The summed E-state index contributed by atoms with van der Waals surface area (Å²) in [5.41, 5.74) is 1.08. The van der Waals surface area contributed by atoms with Crippen LogP contribution in [0.15, 0.2) is 23.2 Å². The molecule has 7 heteroatoms. The van der Waals surface area contributed by atoms with Crippen LogP contribution in [-0.2, 0) is 11.3 Å². The molecule has 3 atom stereocenters. The molecule has 0 aromatic heterocycles. The van der Waals surface area contributed by atoms with Crippen molar-refractivity contribution in [2.75, 3.05) is 20.8 Å². The molecule has 0 spiro atoms. The Labute approximate surface area is 166 Å². The molecule has 140 valence electrons. The number of hydrogen-bond acceptors (Lipinski definition) is 4. The molecule has 2 aliphatic rings. The molecule has 2 N–H and O–H groups in total. The summed E-state index contributed by atoms with van der Waals surface area (Å²) in [6.45, 7) is 3.49. The second kappa shape index (κ2) is 9.47. The second-order valence-electron chi connectivity index (χ2n) is 6.24. The molecular weight excluding hydrogens is 433 g/mol. The van der Waals surface area contributed by atoms with Gasteiger partial charge in [-0.1, -0.05) is 6.07 Å². The first-order chi connectivity index (χ1) is 11.7. The average molecular weight is 461 g/mol. The first kappa shape index (κ1) is 20.1. The largest absolute Gasteiger partial charge is 0.493 e. The summed E-state index contributed by atoms with van der Waals surface area (Å²) in [5.74, 6) is 2.30. The third-order valence-electron chi connectivity index (χ3n) is 4.64. The molecule has 25 heavy (non-hydrogen) atoms. The van der Waals surface area contributed by atoms with Crippen LogP contribution < -0.4 is 20.1 Å². The standard InChI is InChI=1S/C18H27N3O3.HI/c1-4-19-18(21-14-10-13-6-8-15(14)24-13)20-11-12-5-7-16(22-2)17(9-12)23-3;/h5,7,9,13-15H,4,6,8,10-11H2,1-3H3,(H2,19,20,21);1H. The number of rotatable bonds is 6. The molecule has 2 saturated heterocycles. The lowest BCUT2D eigenvalue weighted by atomic mass is 9.96. The monoisotopic (exact) mass is 461 g/mol. The lowest BCUT2D eigenvalue weighted by Crippen LogP contribution is -2.47. The molecule has 2 aliphatic heterocycles. The van der Waals surface area contributed by atoms with E-state index in [2.05, 4.69) is 17.6 Å². The summed E-state index contributed by atoms with van der Waals surface area (Å²) in [6, 6.07) is 6.25. The smallest absolute Gasteiger partial charge is 0.191 e. The van der Waals surface area contributed by atoms with Crippen LogP contribution in [0.4, 0.5) is 0 Å². The van der Waals surface area contributed by atoms with Gasteiger partial charge in [0.05, 0.1) is 39.0 Å². The van der Waals surface area contributed by atoms with Crippen molar-refractivity contribution in [3.8, 4) is 11.5 Å². The number of fused-ring (bicyclic) bond motifs is 2. The maximum Gasteiger partial charge on any atom is 0.191 e. The molecule has 6 nitrogen and oxygen atoms in total. The molecular formula is C18H28IN3O3. The maximum absolute atomic E-state index is 5.91. The summed E-state index contributed by atoms with van der Waals surface area (Å²) in [5, 5.41) is 6.85. The highest BCUT2D eigenvalue weighted by molar-refractivity contribution is 14.0. The Balaban J connectivity index is 0.00000225. The van der Waals surface area contributed by atoms with E-state index in [1.54, 1.807) is 14.2 Å². The Hall–Kier alpha value is -1.22. The van der Waals surface area contributed by atoms with Crippen molar-refractivity contribution in [2.45, 2.75) is 51.0 Å². The zero-order valence-corrected chi connectivity index (χ0v) is 17.4. The second-order valence-corrected chi connectivity index (χ2v) is 6.24. The van der Waals surface area contributed by atoms with Gasteiger partial charge in [-0.15, -0.1) is 24.0 Å². The van der Waals surface area contributed by atoms with E-state index in [9.17, 15) is 0 Å². The van der Waals surface area contributed by atoms with Crippen LogP contribution in [0, 0.1) is 0 Å². The van der Waals surface area contributed by atoms with Crippen LogP contribution >= 0.6 is 24.0 Å². The Morgan fingerprint density at radius 3 is 2.64 bits per heavy atom. The van der Waals surface area contributed by atoms with E-state index >= 15 is 0 Å². The van der Waals surface area contributed by atoms with Crippen molar-refractivity contribution >= 4 is 29.9 Å². The number of aliphatic imine (C=N–C) groups is 1. The Morgan fingerprint density at radius 2 is 2.04 bits per heavy atom. The van der Waals surface area contributed by atoms with Gasteiger partial charge in [0.1, 0.15) is 0 Å².